The Morgan fingerprint density at radius 2 is 1.94 bits per heavy atom. The molecule has 1 aromatic carbocycles. The fraction of sp³-hybridized carbons (Fsp3) is 0.500. The lowest BCUT2D eigenvalue weighted by atomic mass is 10.2. The standard InChI is InChI=1S/C14H21N3O/c18-14(13-5-2-1-3-6-13)16-7-4-10-17-11-8-15-9-12-17/h1-3,5-6,15H,4,7-12H2,(H,16,18). The van der Waals surface area contributed by atoms with Gasteiger partial charge in [-0.3, -0.25) is 4.79 Å². The molecule has 0 radical (unpaired) electrons. The third-order valence-electron chi connectivity index (χ3n) is 3.18. The van der Waals surface area contributed by atoms with Gasteiger partial charge in [0.1, 0.15) is 0 Å². The van der Waals surface area contributed by atoms with Crippen molar-refractivity contribution in [1.29, 1.82) is 0 Å². The van der Waals surface area contributed by atoms with Crippen LogP contribution in [0.4, 0.5) is 0 Å². The molecule has 98 valence electrons. The van der Waals surface area contributed by atoms with Gasteiger partial charge in [-0.1, -0.05) is 18.2 Å². The summed E-state index contributed by atoms with van der Waals surface area (Å²) < 4.78 is 0. The lowest BCUT2D eigenvalue weighted by molar-refractivity contribution is 0.0951. The highest BCUT2D eigenvalue weighted by Crippen LogP contribution is 1.98. The first-order valence-electron chi connectivity index (χ1n) is 6.62. The van der Waals surface area contributed by atoms with Crippen LogP contribution in [0.1, 0.15) is 16.8 Å². The number of amides is 1. The van der Waals surface area contributed by atoms with Crippen LogP contribution in [0.3, 0.4) is 0 Å². The second-order valence-corrected chi connectivity index (χ2v) is 4.57. The molecule has 1 amide bonds. The zero-order valence-electron chi connectivity index (χ0n) is 10.7. The van der Waals surface area contributed by atoms with Gasteiger partial charge in [-0.25, -0.2) is 0 Å². The van der Waals surface area contributed by atoms with E-state index in [1.165, 1.54) is 0 Å². The van der Waals surface area contributed by atoms with E-state index in [9.17, 15) is 4.79 Å². The molecule has 1 aromatic rings. The van der Waals surface area contributed by atoms with Gasteiger partial charge < -0.3 is 15.5 Å². The number of nitrogens with zero attached hydrogens (tertiary/aromatic N) is 1. The van der Waals surface area contributed by atoms with Crippen molar-refractivity contribution in [3.63, 3.8) is 0 Å². The molecular formula is C14H21N3O. The second-order valence-electron chi connectivity index (χ2n) is 4.57. The van der Waals surface area contributed by atoms with E-state index in [0.717, 1.165) is 51.3 Å². The Bertz CT molecular complexity index is 361. The van der Waals surface area contributed by atoms with Gasteiger partial charge in [0.15, 0.2) is 0 Å². The zero-order chi connectivity index (χ0) is 12.6. The van der Waals surface area contributed by atoms with Gasteiger partial charge in [0, 0.05) is 38.3 Å². The molecule has 18 heavy (non-hydrogen) atoms. The number of piperazine rings is 1. The topological polar surface area (TPSA) is 44.4 Å². The summed E-state index contributed by atoms with van der Waals surface area (Å²) in [5, 5.41) is 6.29. The first-order valence-corrected chi connectivity index (χ1v) is 6.62. The van der Waals surface area contributed by atoms with Gasteiger partial charge in [-0.05, 0) is 25.1 Å². The van der Waals surface area contributed by atoms with E-state index in [0.29, 0.717) is 0 Å². The van der Waals surface area contributed by atoms with Crippen molar-refractivity contribution in [3.8, 4) is 0 Å². The van der Waals surface area contributed by atoms with Crippen LogP contribution in [0.2, 0.25) is 0 Å². The molecule has 0 bridgehead atoms. The van der Waals surface area contributed by atoms with Crippen molar-refractivity contribution in [3.05, 3.63) is 35.9 Å². The molecule has 0 saturated carbocycles. The van der Waals surface area contributed by atoms with E-state index in [2.05, 4.69) is 15.5 Å². The molecule has 1 saturated heterocycles. The van der Waals surface area contributed by atoms with Crippen LogP contribution in [0, 0.1) is 0 Å². The van der Waals surface area contributed by atoms with Gasteiger partial charge in [0.2, 0.25) is 0 Å². The molecule has 4 heteroatoms. The Balaban J connectivity index is 1.62. The molecule has 0 aliphatic carbocycles. The molecule has 2 N–H and O–H groups in total. The highest BCUT2D eigenvalue weighted by atomic mass is 16.1. The first-order chi connectivity index (χ1) is 8.86. The smallest absolute Gasteiger partial charge is 0.251 e. The van der Waals surface area contributed by atoms with E-state index in [1.54, 1.807) is 0 Å². The molecule has 2 rings (SSSR count). The largest absolute Gasteiger partial charge is 0.352 e. The van der Waals surface area contributed by atoms with Crippen LogP contribution >= 0.6 is 0 Å². The molecule has 1 aliphatic rings. The van der Waals surface area contributed by atoms with E-state index >= 15 is 0 Å². The average molecular weight is 247 g/mol. The van der Waals surface area contributed by atoms with Crippen LogP contribution in [-0.2, 0) is 0 Å². The summed E-state index contributed by atoms with van der Waals surface area (Å²) in [6.45, 7) is 6.21. The van der Waals surface area contributed by atoms with Gasteiger partial charge in [0.05, 0.1) is 0 Å². The summed E-state index contributed by atoms with van der Waals surface area (Å²) in [5.41, 5.74) is 0.736. The maximum Gasteiger partial charge on any atom is 0.251 e. The van der Waals surface area contributed by atoms with Crippen LogP contribution in [-0.4, -0.2) is 50.1 Å². The third-order valence-corrected chi connectivity index (χ3v) is 3.18. The minimum atomic E-state index is 0.0240. The summed E-state index contributed by atoms with van der Waals surface area (Å²) in [5.74, 6) is 0.0240. The Morgan fingerprint density at radius 3 is 2.67 bits per heavy atom. The van der Waals surface area contributed by atoms with Crippen molar-refractivity contribution < 1.29 is 4.79 Å². The Morgan fingerprint density at radius 1 is 1.22 bits per heavy atom. The highest BCUT2D eigenvalue weighted by Gasteiger charge is 2.09. The van der Waals surface area contributed by atoms with Gasteiger partial charge >= 0.3 is 0 Å². The van der Waals surface area contributed by atoms with Crippen LogP contribution in [0.15, 0.2) is 30.3 Å². The van der Waals surface area contributed by atoms with Crippen molar-refractivity contribution in [1.82, 2.24) is 15.5 Å². The van der Waals surface area contributed by atoms with Crippen molar-refractivity contribution in [2.24, 2.45) is 0 Å². The number of hydrogen-bond acceptors (Lipinski definition) is 3. The molecule has 0 spiro atoms. The molecular weight excluding hydrogens is 226 g/mol. The molecule has 4 nitrogen and oxygen atoms in total. The van der Waals surface area contributed by atoms with Gasteiger partial charge in [-0.15, -0.1) is 0 Å². The molecule has 1 aliphatic heterocycles. The number of carbonyl (C=O) groups excluding carboxylic acids is 1. The summed E-state index contributed by atoms with van der Waals surface area (Å²) >= 11 is 0. The normalized spacial score (nSPS) is 16.4. The van der Waals surface area contributed by atoms with E-state index in [1.807, 2.05) is 30.3 Å². The van der Waals surface area contributed by atoms with Gasteiger partial charge in [-0.2, -0.15) is 0 Å². The maximum absolute atomic E-state index is 11.8. The molecule has 1 fully saturated rings. The predicted molar refractivity (Wildman–Crippen MR) is 72.7 cm³/mol. The Hall–Kier alpha value is -1.39. The minimum absolute atomic E-state index is 0.0240. The quantitative estimate of drug-likeness (QED) is 0.753. The monoisotopic (exact) mass is 247 g/mol. The van der Waals surface area contributed by atoms with E-state index < -0.39 is 0 Å². The van der Waals surface area contributed by atoms with Crippen LogP contribution < -0.4 is 10.6 Å². The van der Waals surface area contributed by atoms with Gasteiger partial charge in [0.25, 0.3) is 5.91 Å². The lowest BCUT2D eigenvalue weighted by Gasteiger charge is -2.27. The fourth-order valence-electron chi connectivity index (χ4n) is 2.13. The molecule has 0 unspecified atom stereocenters. The zero-order valence-corrected chi connectivity index (χ0v) is 10.7. The Kier molecular flexibility index (Phi) is 5.17. The summed E-state index contributed by atoms with van der Waals surface area (Å²) in [4.78, 5) is 14.2. The number of carbonyl (C=O) groups is 1. The molecule has 1 heterocycles. The Labute approximate surface area is 108 Å². The summed E-state index contributed by atoms with van der Waals surface area (Å²) in [6.07, 6.45) is 1.01. The average Bonchev–Trinajstić information content (AvgIpc) is 2.45. The minimum Gasteiger partial charge on any atom is -0.352 e. The van der Waals surface area contributed by atoms with Crippen molar-refractivity contribution in [2.75, 3.05) is 39.3 Å². The number of hydrogen-bond donors (Lipinski definition) is 2. The lowest BCUT2D eigenvalue weighted by Crippen LogP contribution is -2.44. The van der Waals surface area contributed by atoms with E-state index in [4.69, 9.17) is 0 Å². The highest BCUT2D eigenvalue weighted by molar-refractivity contribution is 5.94. The van der Waals surface area contributed by atoms with E-state index in [-0.39, 0.29) is 5.91 Å². The first kappa shape index (κ1) is 13.1. The van der Waals surface area contributed by atoms with Crippen LogP contribution in [0.5, 0.6) is 0 Å². The number of nitrogens with one attached hydrogen (secondary N) is 2. The maximum atomic E-state index is 11.8. The number of rotatable bonds is 5. The second kappa shape index (κ2) is 7.13. The molecule has 0 atom stereocenters. The van der Waals surface area contributed by atoms with Crippen molar-refractivity contribution >= 4 is 5.91 Å². The summed E-state index contributed by atoms with van der Waals surface area (Å²) in [6, 6.07) is 9.36. The summed E-state index contributed by atoms with van der Waals surface area (Å²) in [7, 11) is 0. The number of benzene rings is 1. The fourth-order valence-corrected chi connectivity index (χ4v) is 2.13. The SMILES string of the molecule is O=C(NCCCN1CCNCC1)c1ccccc1. The third kappa shape index (κ3) is 4.13. The molecule has 0 aromatic heterocycles. The van der Waals surface area contributed by atoms with Crippen molar-refractivity contribution in [2.45, 2.75) is 6.42 Å². The van der Waals surface area contributed by atoms with Crippen LogP contribution in [0.25, 0.3) is 0 Å². The predicted octanol–water partition coefficient (Wildman–Crippen LogP) is 0.712.